The van der Waals surface area contributed by atoms with Crippen molar-refractivity contribution in [2.75, 3.05) is 5.32 Å². The number of ether oxygens (including phenoxy) is 1. The zero-order valence-corrected chi connectivity index (χ0v) is 13.6. The number of nitrogens with one attached hydrogen (secondary N) is 1. The van der Waals surface area contributed by atoms with Gasteiger partial charge in [-0.25, -0.2) is 8.78 Å². The number of benzene rings is 2. The van der Waals surface area contributed by atoms with Gasteiger partial charge in [0.1, 0.15) is 24.0 Å². The van der Waals surface area contributed by atoms with Gasteiger partial charge in [-0.05, 0) is 35.7 Å². The normalized spacial score (nSPS) is 12.1. The molecule has 0 heterocycles. The van der Waals surface area contributed by atoms with E-state index in [0.29, 0.717) is 5.75 Å². The standard InChI is InChI=1S/C18H20F2N2O2/c1-11(2)17(21)18(23)22-16-8-7-14(9-15(16)20)24-10-12-3-5-13(19)6-4-12/h3-9,11,17H,10,21H2,1-2H3,(H,22,23). The number of rotatable bonds is 6. The lowest BCUT2D eigenvalue weighted by atomic mass is 10.0. The third-order valence-corrected chi connectivity index (χ3v) is 3.54. The van der Waals surface area contributed by atoms with Crippen LogP contribution in [0.25, 0.3) is 0 Å². The fraction of sp³-hybridized carbons (Fsp3) is 0.278. The summed E-state index contributed by atoms with van der Waals surface area (Å²) >= 11 is 0. The van der Waals surface area contributed by atoms with Crippen LogP contribution >= 0.6 is 0 Å². The van der Waals surface area contributed by atoms with Crippen molar-refractivity contribution in [3.05, 3.63) is 59.7 Å². The van der Waals surface area contributed by atoms with Gasteiger partial charge in [0.15, 0.2) is 0 Å². The van der Waals surface area contributed by atoms with Crippen molar-refractivity contribution in [3.63, 3.8) is 0 Å². The minimum absolute atomic E-state index is 0.0465. The molecule has 0 aliphatic heterocycles. The van der Waals surface area contributed by atoms with Crippen molar-refractivity contribution in [3.8, 4) is 5.75 Å². The Bertz CT molecular complexity index is 703. The summed E-state index contributed by atoms with van der Waals surface area (Å²) in [5, 5.41) is 2.46. The molecule has 1 unspecified atom stereocenters. The van der Waals surface area contributed by atoms with E-state index in [4.69, 9.17) is 10.5 Å². The van der Waals surface area contributed by atoms with Crippen LogP contribution < -0.4 is 15.8 Å². The van der Waals surface area contributed by atoms with Crippen molar-refractivity contribution in [1.29, 1.82) is 0 Å². The average Bonchev–Trinajstić information content (AvgIpc) is 2.55. The SMILES string of the molecule is CC(C)C(N)C(=O)Nc1ccc(OCc2ccc(F)cc2)cc1F. The summed E-state index contributed by atoms with van der Waals surface area (Å²) in [6.07, 6.45) is 0. The molecule has 4 nitrogen and oxygen atoms in total. The van der Waals surface area contributed by atoms with E-state index in [2.05, 4.69) is 5.32 Å². The Balaban J connectivity index is 1.98. The molecule has 0 spiro atoms. The van der Waals surface area contributed by atoms with Crippen LogP contribution in [-0.2, 0) is 11.4 Å². The van der Waals surface area contributed by atoms with E-state index in [1.807, 2.05) is 13.8 Å². The lowest BCUT2D eigenvalue weighted by Gasteiger charge is -2.16. The van der Waals surface area contributed by atoms with E-state index in [1.54, 1.807) is 18.2 Å². The molecule has 24 heavy (non-hydrogen) atoms. The maximum Gasteiger partial charge on any atom is 0.241 e. The lowest BCUT2D eigenvalue weighted by Crippen LogP contribution is -2.39. The van der Waals surface area contributed by atoms with Crippen molar-refractivity contribution in [1.82, 2.24) is 0 Å². The third-order valence-electron chi connectivity index (χ3n) is 3.54. The molecule has 2 rings (SSSR count). The molecule has 6 heteroatoms. The summed E-state index contributed by atoms with van der Waals surface area (Å²) in [5.41, 5.74) is 6.53. The van der Waals surface area contributed by atoms with Crippen LogP contribution in [0.1, 0.15) is 19.4 Å². The Labute approximate surface area is 139 Å². The smallest absolute Gasteiger partial charge is 0.241 e. The molecular weight excluding hydrogens is 314 g/mol. The van der Waals surface area contributed by atoms with E-state index in [1.165, 1.54) is 24.3 Å². The highest BCUT2D eigenvalue weighted by atomic mass is 19.1. The Morgan fingerprint density at radius 3 is 2.42 bits per heavy atom. The number of amides is 1. The van der Waals surface area contributed by atoms with E-state index >= 15 is 0 Å². The average molecular weight is 334 g/mol. The zero-order chi connectivity index (χ0) is 17.7. The van der Waals surface area contributed by atoms with Crippen LogP contribution in [0.5, 0.6) is 5.75 Å². The molecule has 0 aliphatic rings. The first-order chi connectivity index (χ1) is 11.4. The van der Waals surface area contributed by atoms with Crippen LogP contribution in [0.3, 0.4) is 0 Å². The van der Waals surface area contributed by atoms with Gasteiger partial charge in [0.05, 0.1) is 11.7 Å². The minimum Gasteiger partial charge on any atom is -0.489 e. The number of carbonyl (C=O) groups excluding carboxylic acids is 1. The monoisotopic (exact) mass is 334 g/mol. The van der Waals surface area contributed by atoms with Crippen LogP contribution in [0.2, 0.25) is 0 Å². The third kappa shape index (κ3) is 4.76. The lowest BCUT2D eigenvalue weighted by molar-refractivity contribution is -0.118. The van der Waals surface area contributed by atoms with E-state index < -0.39 is 17.8 Å². The van der Waals surface area contributed by atoms with Crippen molar-refractivity contribution in [2.45, 2.75) is 26.5 Å². The predicted octanol–water partition coefficient (Wildman–Crippen LogP) is 3.47. The molecule has 1 atom stereocenters. The van der Waals surface area contributed by atoms with E-state index in [-0.39, 0.29) is 24.0 Å². The van der Waals surface area contributed by atoms with Gasteiger partial charge in [0.2, 0.25) is 5.91 Å². The molecule has 2 aromatic rings. The number of carbonyl (C=O) groups is 1. The zero-order valence-electron chi connectivity index (χ0n) is 13.6. The molecule has 0 aliphatic carbocycles. The van der Waals surface area contributed by atoms with Crippen molar-refractivity contribution >= 4 is 11.6 Å². The Kier molecular flexibility index (Phi) is 5.87. The largest absolute Gasteiger partial charge is 0.489 e. The number of anilines is 1. The highest BCUT2D eigenvalue weighted by Gasteiger charge is 2.18. The topological polar surface area (TPSA) is 64.4 Å². The molecule has 0 saturated carbocycles. The quantitative estimate of drug-likeness (QED) is 0.850. The first kappa shape index (κ1) is 17.9. The van der Waals surface area contributed by atoms with Gasteiger partial charge in [-0.2, -0.15) is 0 Å². The van der Waals surface area contributed by atoms with Gasteiger partial charge in [-0.15, -0.1) is 0 Å². The van der Waals surface area contributed by atoms with Gasteiger partial charge < -0.3 is 15.8 Å². The number of halogens is 2. The van der Waals surface area contributed by atoms with E-state index in [0.717, 1.165) is 5.56 Å². The predicted molar refractivity (Wildman–Crippen MR) is 88.6 cm³/mol. The summed E-state index contributed by atoms with van der Waals surface area (Å²) in [6, 6.07) is 9.27. The molecule has 0 radical (unpaired) electrons. The van der Waals surface area contributed by atoms with Gasteiger partial charge in [-0.3, -0.25) is 4.79 Å². The van der Waals surface area contributed by atoms with Gasteiger partial charge >= 0.3 is 0 Å². The fourth-order valence-corrected chi connectivity index (χ4v) is 1.95. The maximum absolute atomic E-state index is 14.1. The Hall–Kier alpha value is -2.47. The second-order valence-corrected chi connectivity index (χ2v) is 5.82. The molecule has 1 amide bonds. The number of nitrogens with two attached hydrogens (primary N) is 1. The molecule has 0 aromatic heterocycles. The molecular formula is C18H20F2N2O2. The van der Waals surface area contributed by atoms with Crippen molar-refractivity contribution in [2.24, 2.45) is 11.7 Å². The second kappa shape index (κ2) is 7.88. The summed E-state index contributed by atoms with van der Waals surface area (Å²) < 4.78 is 32.4. The van der Waals surface area contributed by atoms with Crippen LogP contribution in [0.15, 0.2) is 42.5 Å². The second-order valence-electron chi connectivity index (χ2n) is 5.82. The molecule has 2 aromatic carbocycles. The highest BCUT2D eigenvalue weighted by Crippen LogP contribution is 2.22. The first-order valence-electron chi connectivity index (χ1n) is 7.60. The molecule has 0 bridgehead atoms. The molecule has 128 valence electrons. The van der Waals surface area contributed by atoms with Gasteiger partial charge in [-0.1, -0.05) is 26.0 Å². The molecule has 0 saturated heterocycles. The highest BCUT2D eigenvalue weighted by molar-refractivity contribution is 5.95. The van der Waals surface area contributed by atoms with Crippen LogP contribution in [0.4, 0.5) is 14.5 Å². The van der Waals surface area contributed by atoms with Crippen LogP contribution in [0, 0.1) is 17.6 Å². The summed E-state index contributed by atoms with van der Waals surface area (Å²) in [4.78, 5) is 11.9. The fourth-order valence-electron chi connectivity index (χ4n) is 1.95. The van der Waals surface area contributed by atoms with Gasteiger partial charge in [0, 0.05) is 6.07 Å². The molecule has 3 N–H and O–H groups in total. The Morgan fingerprint density at radius 2 is 1.83 bits per heavy atom. The summed E-state index contributed by atoms with van der Waals surface area (Å²) in [5.74, 6) is -1.13. The minimum atomic E-state index is -0.709. The number of hydrogen-bond acceptors (Lipinski definition) is 3. The Morgan fingerprint density at radius 1 is 1.17 bits per heavy atom. The first-order valence-corrected chi connectivity index (χ1v) is 7.60. The molecule has 0 fully saturated rings. The number of hydrogen-bond donors (Lipinski definition) is 2. The van der Waals surface area contributed by atoms with Gasteiger partial charge in [0.25, 0.3) is 0 Å². The summed E-state index contributed by atoms with van der Waals surface area (Å²) in [6.45, 7) is 3.81. The van der Waals surface area contributed by atoms with Crippen molar-refractivity contribution < 1.29 is 18.3 Å². The maximum atomic E-state index is 14.1. The van der Waals surface area contributed by atoms with Crippen LogP contribution in [-0.4, -0.2) is 11.9 Å². The summed E-state index contributed by atoms with van der Waals surface area (Å²) in [7, 11) is 0. The van der Waals surface area contributed by atoms with E-state index in [9.17, 15) is 13.6 Å².